The van der Waals surface area contributed by atoms with Gasteiger partial charge in [0.05, 0.1) is 0 Å². The summed E-state index contributed by atoms with van der Waals surface area (Å²) in [5.41, 5.74) is 19.2. The van der Waals surface area contributed by atoms with E-state index in [1.165, 1.54) is 11.1 Å². The molecule has 3 aromatic rings. The first-order chi connectivity index (χ1) is 18.5. The van der Waals surface area contributed by atoms with Crippen molar-refractivity contribution in [2.24, 2.45) is 0 Å². The standard InChI is InChI=1S/C16H18F2N5.C12H18N3.2Ac/c17-14-9-15(18)21-16(20-14)23-7-5-22(6-8-23)11-13-3-1-12(10-19)2-4-13;13-9-11-1-3-12(4-2-11)10-15-7-5-14-6-8-15;;/h1-4,9,19H,5-8,10-11H2;1-4,13-14H,5-10H2;;/q2*-1;;. The van der Waals surface area contributed by atoms with Crippen molar-refractivity contribution < 1.29 is 96.9 Å². The van der Waals surface area contributed by atoms with Gasteiger partial charge in [-0.3, -0.25) is 9.80 Å². The van der Waals surface area contributed by atoms with Gasteiger partial charge in [0.15, 0.2) is 0 Å². The second-order valence-electron chi connectivity index (χ2n) is 9.59. The van der Waals surface area contributed by atoms with E-state index in [-0.39, 0.29) is 94.1 Å². The van der Waals surface area contributed by atoms with Gasteiger partial charge < -0.3 is 21.7 Å². The number of nitrogens with zero attached hydrogens (tertiary/aromatic N) is 5. The van der Waals surface area contributed by atoms with Crippen LogP contribution in [0.5, 0.6) is 0 Å². The van der Waals surface area contributed by atoms with Crippen molar-refractivity contribution in [2.45, 2.75) is 26.2 Å². The third-order valence-electron chi connectivity index (χ3n) is 6.78. The van der Waals surface area contributed by atoms with Crippen molar-refractivity contribution >= 4 is 5.95 Å². The average molecular weight is 977 g/mol. The summed E-state index contributed by atoms with van der Waals surface area (Å²) in [4.78, 5) is 13.9. The summed E-state index contributed by atoms with van der Waals surface area (Å²) in [6.45, 7) is 9.85. The Morgan fingerprint density at radius 2 is 1.02 bits per heavy atom. The van der Waals surface area contributed by atoms with Crippen LogP contribution < -0.4 is 10.2 Å². The molecule has 2 saturated heterocycles. The Bertz CT molecular complexity index is 1100. The zero-order valence-electron chi connectivity index (χ0n) is 22.8. The third-order valence-corrected chi connectivity index (χ3v) is 6.78. The first-order valence-electron chi connectivity index (χ1n) is 13.1. The Morgan fingerprint density at radius 3 is 1.45 bits per heavy atom. The van der Waals surface area contributed by atoms with Crippen LogP contribution >= 0.6 is 0 Å². The number of anilines is 1. The fourth-order valence-corrected chi connectivity index (χ4v) is 4.54. The van der Waals surface area contributed by atoms with E-state index in [0.29, 0.717) is 32.2 Å². The van der Waals surface area contributed by atoms with Crippen LogP contribution in [0.3, 0.4) is 0 Å². The van der Waals surface area contributed by atoms with E-state index in [1.807, 2.05) is 24.3 Å². The van der Waals surface area contributed by atoms with E-state index < -0.39 is 11.9 Å². The molecule has 2 radical (unpaired) electrons. The van der Waals surface area contributed by atoms with Gasteiger partial charge >= 0.3 is 0 Å². The van der Waals surface area contributed by atoms with Gasteiger partial charge in [0.1, 0.15) is 0 Å². The van der Waals surface area contributed by atoms with Gasteiger partial charge in [-0.2, -0.15) is 18.7 Å². The molecular formula is C28H36Ac2F2N8-2. The largest absolute Gasteiger partial charge is 0.674 e. The van der Waals surface area contributed by atoms with Gasteiger partial charge in [-0.1, -0.05) is 59.7 Å². The quantitative estimate of drug-likeness (QED) is 0.356. The molecule has 1 aromatic heterocycles. The molecule has 2 aliphatic rings. The van der Waals surface area contributed by atoms with Crippen LogP contribution in [0.25, 0.3) is 11.5 Å². The minimum absolute atomic E-state index is 0. The van der Waals surface area contributed by atoms with Crippen molar-refractivity contribution in [3.8, 4) is 0 Å². The van der Waals surface area contributed by atoms with Crippen LogP contribution in [-0.2, 0) is 26.2 Å². The van der Waals surface area contributed by atoms with Gasteiger partial charge in [-0.25, -0.2) is 0 Å². The van der Waals surface area contributed by atoms with Crippen LogP contribution in [0.2, 0.25) is 0 Å². The molecule has 2 fully saturated rings. The van der Waals surface area contributed by atoms with Crippen molar-refractivity contribution in [3.05, 3.63) is 100 Å². The second kappa shape index (κ2) is 19.2. The van der Waals surface area contributed by atoms with Gasteiger partial charge in [0.25, 0.3) is 0 Å². The van der Waals surface area contributed by atoms with Gasteiger partial charge in [0.2, 0.25) is 17.8 Å². The summed E-state index contributed by atoms with van der Waals surface area (Å²) in [6.07, 6.45) is 0. The first kappa shape index (κ1) is 36.1. The molecule has 0 spiro atoms. The number of halogens is 2. The Morgan fingerprint density at radius 1 is 0.625 bits per heavy atom. The number of rotatable bonds is 7. The summed E-state index contributed by atoms with van der Waals surface area (Å²) in [7, 11) is 0. The molecular weight excluding hydrogens is 940 g/mol. The maximum Gasteiger partial charge on any atom is 0.230 e. The Hall–Kier alpha value is -0.137. The Labute approximate surface area is 307 Å². The number of hydrogen-bond donors (Lipinski definition) is 1. The fourth-order valence-electron chi connectivity index (χ4n) is 4.54. The Balaban J connectivity index is 0.000000288. The number of hydrogen-bond acceptors (Lipinski definition) is 6. The van der Waals surface area contributed by atoms with Crippen molar-refractivity contribution in [2.75, 3.05) is 57.3 Å². The van der Waals surface area contributed by atoms with Crippen molar-refractivity contribution in [1.82, 2.24) is 25.1 Å². The zero-order chi connectivity index (χ0) is 26.7. The van der Waals surface area contributed by atoms with Crippen LogP contribution in [0, 0.1) is 100 Å². The molecule has 2 aromatic carbocycles. The minimum atomic E-state index is -0.843. The molecule has 0 aliphatic carbocycles. The molecule has 0 amide bonds. The van der Waals surface area contributed by atoms with E-state index in [2.05, 4.69) is 49.4 Å². The van der Waals surface area contributed by atoms with Gasteiger partial charge in [0, 0.05) is 160 Å². The summed E-state index contributed by atoms with van der Waals surface area (Å²) in [6, 6.07) is 17.1. The molecule has 2 aliphatic heterocycles. The summed E-state index contributed by atoms with van der Waals surface area (Å²) in [5.74, 6) is -1.57. The van der Waals surface area contributed by atoms with E-state index in [9.17, 15) is 8.78 Å². The van der Waals surface area contributed by atoms with Crippen molar-refractivity contribution in [3.63, 3.8) is 0 Å². The van der Waals surface area contributed by atoms with Gasteiger partial charge in [-0.05, 0) is 11.1 Å². The van der Waals surface area contributed by atoms with E-state index in [1.54, 1.807) is 4.90 Å². The maximum absolute atomic E-state index is 13.2. The molecule has 12 heteroatoms. The molecule has 8 nitrogen and oxygen atoms in total. The molecule has 5 rings (SSSR count). The van der Waals surface area contributed by atoms with Crippen LogP contribution in [-0.4, -0.2) is 72.1 Å². The molecule has 0 atom stereocenters. The maximum atomic E-state index is 13.2. The predicted molar refractivity (Wildman–Crippen MR) is 147 cm³/mol. The molecule has 0 unspecified atom stereocenters. The SMILES string of the molecule is [Ac].[Ac].[NH-]Cc1ccc(CN2CCN(c3nc(F)cc(F)n3)CC2)cc1.[NH-]Cc1ccc(CN2CCNCC2)cc1. The summed E-state index contributed by atoms with van der Waals surface area (Å²) >= 11 is 0. The normalized spacial score (nSPS) is 15.8. The number of benzene rings is 2. The number of aromatic nitrogens is 2. The topological polar surface area (TPSA) is 95.1 Å². The van der Waals surface area contributed by atoms with Crippen LogP contribution in [0.1, 0.15) is 22.3 Å². The third kappa shape index (κ3) is 11.9. The first-order valence-corrected chi connectivity index (χ1v) is 13.1. The molecule has 3 N–H and O–H groups in total. The van der Waals surface area contributed by atoms with Crippen molar-refractivity contribution in [1.29, 1.82) is 0 Å². The fraction of sp³-hybridized carbons (Fsp3) is 0.429. The monoisotopic (exact) mass is 976 g/mol. The molecule has 40 heavy (non-hydrogen) atoms. The predicted octanol–water partition coefficient (Wildman–Crippen LogP) is 4.27. The second-order valence-corrected chi connectivity index (χ2v) is 9.59. The number of nitrogens with one attached hydrogen (secondary N) is 3. The van der Waals surface area contributed by atoms with E-state index >= 15 is 0 Å². The van der Waals surface area contributed by atoms with E-state index in [4.69, 9.17) is 11.5 Å². The molecule has 210 valence electrons. The zero-order valence-corrected chi connectivity index (χ0v) is 32.3. The van der Waals surface area contributed by atoms with Crippen LogP contribution in [0.15, 0.2) is 54.6 Å². The van der Waals surface area contributed by atoms with Gasteiger partial charge in [-0.15, -0.1) is 13.1 Å². The van der Waals surface area contributed by atoms with E-state index in [0.717, 1.165) is 63.5 Å². The molecule has 0 bridgehead atoms. The Kier molecular flexibility index (Phi) is 17.3. The average Bonchev–Trinajstić information content (AvgIpc) is 2.95. The number of piperazine rings is 2. The smallest absolute Gasteiger partial charge is 0.230 e. The van der Waals surface area contributed by atoms with Crippen LogP contribution in [0.4, 0.5) is 14.7 Å². The molecule has 0 saturated carbocycles. The molecule has 3 heterocycles. The minimum Gasteiger partial charge on any atom is -0.674 e. The summed E-state index contributed by atoms with van der Waals surface area (Å²) in [5, 5.41) is 3.35. The summed E-state index contributed by atoms with van der Waals surface area (Å²) < 4.78 is 26.3.